The van der Waals surface area contributed by atoms with Gasteiger partial charge in [-0.25, -0.2) is 4.39 Å². The Morgan fingerprint density at radius 3 is 2.67 bits per heavy atom. The van der Waals surface area contributed by atoms with Gasteiger partial charge in [-0.1, -0.05) is 5.92 Å². The molecule has 1 aliphatic rings. The predicted molar refractivity (Wildman–Crippen MR) is 170 cm³/mol. The van der Waals surface area contributed by atoms with Crippen LogP contribution in [0.4, 0.5) is 28.9 Å². The van der Waals surface area contributed by atoms with Crippen LogP contribution in [-0.2, 0) is 4.74 Å². The van der Waals surface area contributed by atoms with Gasteiger partial charge in [-0.15, -0.1) is 6.42 Å². The third kappa shape index (κ3) is 8.99. The van der Waals surface area contributed by atoms with Crippen LogP contribution in [0.15, 0.2) is 47.6 Å². The van der Waals surface area contributed by atoms with E-state index in [1.54, 1.807) is 31.3 Å². The number of pyridine rings is 1. The number of alkyl halides is 4. The lowest BCUT2D eigenvalue weighted by molar-refractivity contribution is -0.0329. The first-order valence-corrected chi connectivity index (χ1v) is 15.6. The monoisotopic (exact) mass is 649 g/mol. The molecule has 2 heterocycles. The number of ether oxygens (including phenoxy) is 2. The SMILES string of the molecule is C#Cc1cc2c(N[C@@H]3CC[C@@H](N(C)CCOCCOc4cc(C(=O)NC)ccc4NCC)C[C@@H]3F)cccn2c1SC(F)(F)F. The number of halogens is 4. The summed E-state index contributed by atoms with van der Waals surface area (Å²) < 4.78 is 67.9. The van der Waals surface area contributed by atoms with Gasteiger partial charge in [0.05, 0.1) is 41.7 Å². The maximum Gasteiger partial charge on any atom is 0.447 e. The number of nitrogens with one attached hydrogen (secondary N) is 3. The van der Waals surface area contributed by atoms with Crippen molar-refractivity contribution in [2.75, 3.05) is 57.6 Å². The molecule has 0 aliphatic heterocycles. The third-order valence-electron chi connectivity index (χ3n) is 7.75. The van der Waals surface area contributed by atoms with Gasteiger partial charge in [0.25, 0.3) is 5.91 Å². The molecule has 0 radical (unpaired) electrons. The molecule has 1 saturated carbocycles. The maximum atomic E-state index is 15.4. The summed E-state index contributed by atoms with van der Waals surface area (Å²) in [5.41, 5.74) is -2.05. The van der Waals surface area contributed by atoms with Crippen LogP contribution in [0.25, 0.3) is 5.52 Å². The molecule has 244 valence electrons. The largest absolute Gasteiger partial charge is 0.489 e. The molecule has 1 aromatic carbocycles. The molecular formula is C32H39F4N5O3S. The molecule has 3 aromatic rings. The second kappa shape index (κ2) is 15.6. The zero-order valence-corrected chi connectivity index (χ0v) is 26.4. The number of benzene rings is 1. The number of aromatic nitrogens is 1. The van der Waals surface area contributed by atoms with Crippen molar-refractivity contribution in [3.05, 3.63) is 53.7 Å². The van der Waals surface area contributed by atoms with Crippen LogP contribution in [0.5, 0.6) is 5.75 Å². The van der Waals surface area contributed by atoms with Crippen molar-refractivity contribution in [2.24, 2.45) is 0 Å². The predicted octanol–water partition coefficient (Wildman–Crippen LogP) is 6.02. The number of nitrogens with zero attached hydrogens (tertiary/aromatic N) is 2. The lowest BCUT2D eigenvalue weighted by Gasteiger charge is -2.37. The molecule has 0 unspecified atom stereocenters. The fourth-order valence-electron chi connectivity index (χ4n) is 5.44. The van der Waals surface area contributed by atoms with E-state index in [9.17, 15) is 18.0 Å². The number of likely N-dealkylation sites (N-methyl/N-ethyl adjacent to an activating group) is 1. The smallest absolute Gasteiger partial charge is 0.447 e. The van der Waals surface area contributed by atoms with Gasteiger partial charge in [-0.3, -0.25) is 4.79 Å². The van der Waals surface area contributed by atoms with Gasteiger partial charge in [-0.2, -0.15) is 13.2 Å². The summed E-state index contributed by atoms with van der Waals surface area (Å²) in [6.07, 6.45) is 7.49. The minimum atomic E-state index is -4.49. The summed E-state index contributed by atoms with van der Waals surface area (Å²) in [4.78, 5) is 14.1. The number of rotatable bonds is 14. The second-order valence-electron chi connectivity index (χ2n) is 10.7. The summed E-state index contributed by atoms with van der Waals surface area (Å²) in [7, 11) is 3.52. The van der Waals surface area contributed by atoms with Crippen molar-refractivity contribution >= 4 is 34.6 Å². The molecule has 0 bridgehead atoms. The molecule has 4 rings (SSSR count). The van der Waals surface area contributed by atoms with E-state index in [1.165, 1.54) is 16.7 Å². The van der Waals surface area contributed by atoms with E-state index in [4.69, 9.17) is 15.9 Å². The number of fused-ring (bicyclic) bond motifs is 1. The average Bonchev–Trinajstić information content (AvgIpc) is 3.36. The molecule has 3 N–H and O–H groups in total. The molecule has 1 fully saturated rings. The van der Waals surface area contributed by atoms with Gasteiger partial charge >= 0.3 is 5.51 Å². The zero-order chi connectivity index (χ0) is 32.6. The minimum Gasteiger partial charge on any atom is -0.489 e. The molecule has 3 atom stereocenters. The Kier molecular flexibility index (Phi) is 11.9. The van der Waals surface area contributed by atoms with Crippen molar-refractivity contribution in [3.8, 4) is 18.1 Å². The first kappa shape index (κ1) is 34.3. The Labute approximate surface area is 265 Å². The van der Waals surface area contributed by atoms with E-state index in [-0.39, 0.29) is 34.3 Å². The Bertz CT molecular complexity index is 1490. The van der Waals surface area contributed by atoms with Crippen LogP contribution in [0.3, 0.4) is 0 Å². The summed E-state index contributed by atoms with van der Waals surface area (Å²) in [5, 5.41) is 8.96. The standard InChI is InChI=1S/C32H39F4N5O3S/c1-5-21-18-28-26(8-7-13-41(28)31(21)45-32(34,35)36)39-25-12-10-23(20-24(25)33)40(4)14-15-43-16-17-44-29-19-22(30(42)37-3)9-11-27(29)38-6-2/h1,7-9,11,13,18-19,23-25,38-39H,6,10,12,14-17,20H2,2-4H3,(H,37,42)/t23-,24+,25-/m1/s1. The van der Waals surface area contributed by atoms with E-state index < -0.39 is 17.7 Å². The molecule has 0 saturated heterocycles. The number of hydrogen-bond donors (Lipinski definition) is 3. The van der Waals surface area contributed by atoms with Gasteiger partial charge in [0.2, 0.25) is 0 Å². The van der Waals surface area contributed by atoms with Gasteiger partial charge < -0.3 is 34.7 Å². The van der Waals surface area contributed by atoms with Crippen molar-refractivity contribution in [3.63, 3.8) is 0 Å². The Morgan fingerprint density at radius 1 is 1.18 bits per heavy atom. The number of anilines is 2. The first-order chi connectivity index (χ1) is 21.5. The highest BCUT2D eigenvalue weighted by Gasteiger charge is 2.34. The highest BCUT2D eigenvalue weighted by molar-refractivity contribution is 8.00. The quantitative estimate of drug-likeness (QED) is 0.0853. The lowest BCUT2D eigenvalue weighted by atomic mass is 9.88. The normalized spacial score (nSPS) is 18.5. The van der Waals surface area contributed by atoms with Gasteiger partial charge in [-0.05, 0) is 69.6 Å². The minimum absolute atomic E-state index is 0.0277. The van der Waals surface area contributed by atoms with E-state index in [1.807, 2.05) is 20.0 Å². The Hall–Kier alpha value is -3.60. The summed E-state index contributed by atoms with van der Waals surface area (Å²) in [6, 6.07) is 9.66. The van der Waals surface area contributed by atoms with Crippen LogP contribution in [0, 0.1) is 12.3 Å². The van der Waals surface area contributed by atoms with Crippen LogP contribution in [0.2, 0.25) is 0 Å². The number of terminal acetylenes is 1. The van der Waals surface area contributed by atoms with Crippen molar-refractivity contribution in [1.29, 1.82) is 0 Å². The van der Waals surface area contributed by atoms with E-state index in [0.29, 0.717) is 68.3 Å². The van der Waals surface area contributed by atoms with Crippen LogP contribution < -0.4 is 20.7 Å². The number of amides is 1. The second-order valence-corrected chi connectivity index (χ2v) is 11.8. The van der Waals surface area contributed by atoms with Gasteiger partial charge in [0.15, 0.2) is 0 Å². The van der Waals surface area contributed by atoms with E-state index >= 15 is 4.39 Å². The Morgan fingerprint density at radius 2 is 1.98 bits per heavy atom. The zero-order valence-electron chi connectivity index (χ0n) is 25.5. The van der Waals surface area contributed by atoms with E-state index in [2.05, 4.69) is 26.8 Å². The topological polar surface area (TPSA) is 79.3 Å². The average molecular weight is 650 g/mol. The maximum absolute atomic E-state index is 15.4. The van der Waals surface area contributed by atoms with Crippen LogP contribution >= 0.6 is 11.8 Å². The molecule has 8 nitrogen and oxygen atoms in total. The number of thioether (sulfide) groups is 1. The number of hydrogen-bond acceptors (Lipinski definition) is 7. The van der Waals surface area contributed by atoms with Crippen molar-refractivity contribution in [1.82, 2.24) is 14.6 Å². The highest BCUT2D eigenvalue weighted by atomic mass is 32.2. The third-order valence-corrected chi connectivity index (χ3v) is 8.59. The van der Waals surface area contributed by atoms with Gasteiger partial charge in [0, 0.05) is 49.7 Å². The van der Waals surface area contributed by atoms with Crippen molar-refractivity contribution < 1.29 is 31.8 Å². The molecule has 13 heteroatoms. The fraction of sp³-hybridized carbons (Fsp3) is 0.469. The molecule has 45 heavy (non-hydrogen) atoms. The number of carbonyl (C=O) groups excluding carboxylic acids is 1. The summed E-state index contributed by atoms with van der Waals surface area (Å²) in [6.45, 7) is 4.39. The first-order valence-electron chi connectivity index (χ1n) is 14.8. The van der Waals surface area contributed by atoms with Crippen LogP contribution in [-0.4, -0.2) is 86.0 Å². The molecule has 0 spiro atoms. The molecule has 1 aliphatic carbocycles. The van der Waals surface area contributed by atoms with E-state index in [0.717, 1.165) is 12.1 Å². The van der Waals surface area contributed by atoms with Gasteiger partial charge in [0.1, 0.15) is 23.6 Å². The lowest BCUT2D eigenvalue weighted by Crippen LogP contribution is -2.45. The molecular weight excluding hydrogens is 610 g/mol. The summed E-state index contributed by atoms with van der Waals surface area (Å²) in [5.74, 6) is 2.71. The summed E-state index contributed by atoms with van der Waals surface area (Å²) >= 11 is -0.259. The van der Waals surface area contributed by atoms with Crippen LogP contribution in [0.1, 0.15) is 42.1 Å². The molecule has 2 aromatic heterocycles. The highest BCUT2D eigenvalue weighted by Crippen LogP contribution is 2.41. The number of carbonyl (C=O) groups is 1. The molecule has 1 amide bonds. The Balaban J connectivity index is 1.24. The van der Waals surface area contributed by atoms with Crippen molar-refractivity contribution in [2.45, 2.75) is 55.0 Å². The fourth-order valence-corrected chi connectivity index (χ4v) is 6.14.